The van der Waals surface area contributed by atoms with Crippen molar-refractivity contribution in [1.29, 1.82) is 0 Å². The van der Waals surface area contributed by atoms with Crippen LogP contribution in [0.15, 0.2) is 35.2 Å². The Balaban J connectivity index is 3.26. The lowest BCUT2D eigenvalue weighted by Gasteiger charge is -2.11. The second kappa shape index (κ2) is 3.65. The van der Waals surface area contributed by atoms with Gasteiger partial charge >= 0.3 is 0 Å². The summed E-state index contributed by atoms with van der Waals surface area (Å²) in [4.78, 5) is -0.00463. The van der Waals surface area contributed by atoms with E-state index in [0.29, 0.717) is 0 Å². The lowest BCUT2D eigenvalue weighted by Crippen LogP contribution is -2.19. The molecule has 0 aromatic heterocycles. The van der Waals surface area contributed by atoms with Crippen molar-refractivity contribution in [3.63, 3.8) is 0 Å². The van der Waals surface area contributed by atoms with Crippen LogP contribution in [-0.2, 0) is 9.84 Å². The fourth-order valence-electron chi connectivity index (χ4n) is 0.733. The summed E-state index contributed by atoms with van der Waals surface area (Å²) < 4.78 is 20.6. The van der Waals surface area contributed by atoms with Gasteiger partial charge in [-0.05, 0) is 12.1 Å². The molecule has 1 aromatic carbocycles. The maximum absolute atomic E-state index is 11.5. The van der Waals surface area contributed by atoms with Crippen molar-refractivity contribution in [1.82, 2.24) is 0 Å². The van der Waals surface area contributed by atoms with E-state index in [0.717, 1.165) is 0 Å². The molecule has 2 nitrogen and oxygen atoms in total. The Morgan fingerprint density at radius 2 is 1.46 bits per heavy atom. The molecule has 0 atom stereocenters. The molecule has 13 heavy (non-hydrogen) atoms. The summed E-state index contributed by atoms with van der Waals surface area (Å²) in [7, 11) is -3.88. The minimum Gasteiger partial charge on any atom is -0.219 e. The zero-order chi connectivity index (χ0) is 10.1. The molecule has 0 radical (unpaired) electrons. The molecule has 0 saturated heterocycles. The zero-order valence-corrected chi connectivity index (χ0v) is 9.33. The standard InChI is InChI=1S/C7H5Cl3O2S/c8-7(9,10)13(11,12)6-4-2-1-3-5-6/h1-5H. The Morgan fingerprint density at radius 1 is 1.00 bits per heavy atom. The minimum absolute atomic E-state index is 0.00463. The van der Waals surface area contributed by atoms with E-state index in [-0.39, 0.29) is 4.90 Å². The molecule has 0 bridgehead atoms. The number of benzene rings is 1. The third-order valence-electron chi connectivity index (χ3n) is 1.36. The highest BCUT2D eigenvalue weighted by Crippen LogP contribution is 2.37. The number of alkyl halides is 3. The lowest BCUT2D eigenvalue weighted by atomic mass is 10.4. The summed E-state index contributed by atoms with van der Waals surface area (Å²) in [6.45, 7) is 0. The van der Waals surface area contributed by atoms with E-state index in [9.17, 15) is 8.42 Å². The number of halogens is 3. The van der Waals surface area contributed by atoms with Crippen LogP contribution >= 0.6 is 34.8 Å². The van der Waals surface area contributed by atoms with Crippen LogP contribution in [-0.4, -0.2) is 11.5 Å². The van der Waals surface area contributed by atoms with Crippen molar-refractivity contribution in [3.8, 4) is 0 Å². The summed E-state index contributed by atoms with van der Waals surface area (Å²) in [5, 5.41) is 0. The first-order valence-corrected chi connectivity index (χ1v) is 5.84. The van der Waals surface area contributed by atoms with Crippen LogP contribution in [0.4, 0.5) is 0 Å². The van der Waals surface area contributed by atoms with Gasteiger partial charge in [-0.2, -0.15) is 0 Å². The van der Waals surface area contributed by atoms with Gasteiger partial charge in [0.2, 0.25) is 9.84 Å². The molecular weight excluding hydrogens is 255 g/mol. The Labute approximate surface area is 91.3 Å². The van der Waals surface area contributed by atoms with E-state index in [1.54, 1.807) is 18.2 Å². The average molecular weight is 260 g/mol. The Hall–Kier alpha value is 0.0400. The molecule has 0 aliphatic rings. The second-order valence-electron chi connectivity index (χ2n) is 2.26. The number of hydrogen-bond acceptors (Lipinski definition) is 2. The van der Waals surface area contributed by atoms with Crippen LogP contribution in [0.3, 0.4) is 0 Å². The van der Waals surface area contributed by atoms with E-state index in [4.69, 9.17) is 34.8 Å². The van der Waals surface area contributed by atoms with Crippen LogP contribution in [0.2, 0.25) is 0 Å². The molecule has 0 amide bonds. The second-order valence-corrected chi connectivity index (χ2v) is 7.31. The van der Waals surface area contributed by atoms with Crippen LogP contribution in [0.5, 0.6) is 0 Å². The van der Waals surface area contributed by atoms with Gasteiger partial charge in [0, 0.05) is 0 Å². The summed E-state index contributed by atoms with van der Waals surface area (Å²) in [5.74, 6) is 0. The molecule has 0 fully saturated rings. The van der Waals surface area contributed by atoms with E-state index in [1.165, 1.54) is 12.1 Å². The number of hydrogen-bond donors (Lipinski definition) is 0. The summed E-state index contributed by atoms with van der Waals surface area (Å²) >= 11 is 15.9. The Bertz CT molecular complexity index is 380. The molecule has 0 heterocycles. The van der Waals surface area contributed by atoms with Crippen LogP contribution < -0.4 is 0 Å². The molecule has 1 aromatic rings. The third-order valence-corrected chi connectivity index (χ3v) is 4.69. The van der Waals surface area contributed by atoms with Crippen molar-refractivity contribution in [2.45, 2.75) is 8.02 Å². The van der Waals surface area contributed by atoms with Crippen molar-refractivity contribution < 1.29 is 8.42 Å². The fourth-order valence-corrected chi connectivity index (χ4v) is 2.32. The summed E-state index contributed by atoms with van der Waals surface area (Å²) in [6, 6.07) is 7.54. The highest BCUT2D eigenvalue weighted by Gasteiger charge is 2.38. The van der Waals surface area contributed by atoms with Crippen LogP contribution in [0.1, 0.15) is 0 Å². The highest BCUT2D eigenvalue weighted by molar-refractivity contribution is 7.97. The summed E-state index contributed by atoms with van der Waals surface area (Å²) in [6.07, 6.45) is 0. The van der Waals surface area contributed by atoms with Gasteiger partial charge in [0.25, 0.3) is 3.12 Å². The number of sulfone groups is 1. The van der Waals surface area contributed by atoms with Crippen molar-refractivity contribution in [2.24, 2.45) is 0 Å². The minimum atomic E-state index is -3.88. The summed E-state index contributed by atoms with van der Waals surface area (Å²) in [5.41, 5.74) is 0. The largest absolute Gasteiger partial charge is 0.296 e. The predicted molar refractivity (Wildman–Crippen MR) is 53.9 cm³/mol. The zero-order valence-electron chi connectivity index (χ0n) is 6.25. The molecule has 6 heteroatoms. The smallest absolute Gasteiger partial charge is 0.219 e. The molecule has 0 spiro atoms. The molecule has 0 unspecified atom stereocenters. The Morgan fingerprint density at radius 3 is 1.85 bits per heavy atom. The topological polar surface area (TPSA) is 34.1 Å². The highest BCUT2D eigenvalue weighted by atomic mass is 35.6. The first kappa shape index (κ1) is 11.1. The van der Waals surface area contributed by atoms with Gasteiger partial charge in [-0.1, -0.05) is 53.0 Å². The molecule has 0 aliphatic heterocycles. The maximum atomic E-state index is 11.5. The van der Waals surface area contributed by atoms with E-state index >= 15 is 0 Å². The Kier molecular flexibility index (Phi) is 3.12. The quantitative estimate of drug-likeness (QED) is 0.727. The van der Waals surface area contributed by atoms with E-state index in [2.05, 4.69) is 0 Å². The fraction of sp³-hybridized carbons (Fsp3) is 0.143. The SMILES string of the molecule is O=S(=O)(c1ccccc1)C(Cl)(Cl)Cl. The maximum Gasteiger partial charge on any atom is 0.296 e. The van der Waals surface area contributed by atoms with E-state index in [1.807, 2.05) is 0 Å². The molecule has 0 aliphatic carbocycles. The van der Waals surface area contributed by atoms with Gasteiger partial charge in [-0.25, -0.2) is 8.42 Å². The first-order chi connectivity index (χ1) is 5.86. The van der Waals surface area contributed by atoms with Crippen molar-refractivity contribution >= 4 is 44.6 Å². The first-order valence-electron chi connectivity index (χ1n) is 3.22. The molecular formula is C7H5Cl3O2S. The van der Waals surface area contributed by atoms with Gasteiger partial charge in [0.15, 0.2) is 0 Å². The molecule has 0 saturated carbocycles. The van der Waals surface area contributed by atoms with E-state index < -0.39 is 13.0 Å². The monoisotopic (exact) mass is 258 g/mol. The predicted octanol–water partition coefficient (Wildman–Crippen LogP) is 2.79. The molecule has 72 valence electrons. The van der Waals surface area contributed by atoms with Crippen LogP contribution in [0.25, 0.3) is 0 Å². The third kappa shape index (κ3) is 2.29. The number of rotatable bonds is 1. The van der Waals surface area contributed by atoms with Gasteiger partial charge < -0.3 is 0 Å². The normalized spacial score (nSPS) is 12.8. The van der Waals surface area contributed by atoms with Gasteiger partial charge in [0.1, 0.15) is 0 Å². The van der Waals surface area contributed by atoms with Crippen molar-refractivity contribution in [2.75, 3.05) is 0 Å². The van der Waals surface area contributed by atoms with Gasteiger partial charge in [0.05, 0.1) is 4.90 Å². The lowest BCUT2D eigenvalue weighted by molar-refractivity contribution is 0.596. The van der Waals surface area contributed by atoms with Gasteiger partial charge in [-0.15, -0.1) is 0 Å². The average Bonchev–Trinajstić information content (AvgIpc) is 2.04. The molecule has 0 N–H and O–H groups in total. The molecule has 1 rings (SSSR count). The van der Waals surface area contributed by atoms with Crippen molar-refractivity contribution in [3.05, 3.63) is 30.3 Å². The van der Waals surface area contributed by atoms with Crippen LogP contribution in [0, 0.1) is 0 Å². The van der Waals surface area contributed by atoms with Gasteiger partial charge in [-0.3, -0.25) is 0 Å².